The lowest BCUT2D eigenvalue weighted by Crippen LogP contribution is -2.58. The van der Waals surface area contributed by atoms with Gasteiger partial charge in [0.25, 0.3) is 0 Å². The quantitative estimate of drug-likeness (QED) is 0.840. The van der Waals surface area contributed by atoms with Crippen LogP contribution in [0.2, 0.25) is 0 Å². The summed E-state index contributed by atoms with van der Waals surface area (Å²) in [5.74, 6) is 1.33. The fourth-order valence-corrected chi connectivity index (χ4v) is 3.51. The molecule has 0 aromatic rings. The Morgan fingerprint density at radius 2 is 1.67 bits per heavy atom. The molecule has 1 aliphatic heterocycles. The molecule has 1 saturated heterocycles. The van der Waals surface area contributed by atoms with Gasteiger partial charge < -0.3 is 9.84 Å². The van der Waals surface area contributed by atoms with Crippen molar-refractivity contribution < 1.29 is 9.84 Å². The van der Waals surface area contributed by atoms with E-state index in [0.29, 0.717) is 5.92 Å². The summed E-state index contributed by atoms with van der Waals surface area (Å²) in [5, 5.41) is 10.8. The van der Waals surface area contributed by atoms with Gasteiger partial charge in [0.1, 0.15) is 0 Å². The van der Waals surface area contributed by atoms with E-state index in [1.54, 1.807) is 0 Å². The Morgan fingerprint density at radius 3 is 2.22 bits per heavy atom. The molecule has 1 saturated carbocycles. The molecule has 106 valence electrons. The maximum Gasteiger partial charge on any atom is 0.0746 e. The van der Waals surface area contributed by atoms with Gasteiger partial charge in [0.05, 0.1) is 19.3 Å². The van der Waals surface area contributed by atoms with Gasteiger partial charge in [-0.2, -0.15) is 0 Å². The van der Waals surface area contributed by atoms with Crippen LogP contribution in [0.1, 0.15) is 46.5 Å². The average Bonchev–Trinajstić information content (AvgIpc) is 2.40. The highest BCUT2D eigenvalue weighted by Crippen LogP contribution is 2.35. The number of hydrogen-bond donors (Lipinski definition) is 1. The molecule has 0 aromatic heterocycles. The maximum atomic E-state index is 10.8. The van der Waals surface area contributed by atoms with Crippen LogP contribution in [-0.2, 0) is 4.74 Å². The fraction of sp³-hybridized carbons (Fsp3) is 1.00. The highest BCUT2D eigenvalue weighted by atomic mass is 16.5. The van der Waals surface area contributed by atoms with Crippen molar-refractivity contribution in [1.29, 1.82) is 0 Å². The van der Waals surface area contributed by atoms with Crippen LogP contribution in [0.25, 0.3) is 0 Å². The van der Waals surface area contributed by atoms with Crippen molar-refractivity contribution in [3.8, 4) is 0 Å². The molecule has 2 rings (SSSR count). The first-order valence-corrected chi connectivity index (χ1v) is 7.52. The Balaban J connectivity index is 1.95. The molecule has 1 N–H and O–H groups in total. The van der Waals surface area contributed by atoms with Gasteiger partial charge in [-0.1, -0.05) is 19.8 Å². The van der Waals surface area contributed by atoms with Gasteiger partial charge >= 0.3 is 0 Å². The van der Waals surface area contributed by atoms with Crippen LogP contribution in [0.3, 0.4) is 0 Å². The van der Waals surface area contributed by atoms with Crippen molar-refractivity contribution in [3.63, 3.8) is 0 Å². The van der Waals surface area contributed by atoms with Gasteiger partial charge in [0, 0.05) is 18.6 Å². The Hall–Kier alpha value is -0.120. The minimum absolute atomic E-state index is 0.116. The van der Waals surface area contributed by atoms with E-state index in [0.717, 1.165) is 32.2 Å². The Bertz CT molecular complexity index is 253. The summed E-state index contributed by atoms with van der Waals surface area (Å²) in [6.07, 6.45) is 4.73. The molecule has 1 atom stereocenters. The first kappa shape index (κ1) is 14.3. The lowest BCUT2D eigenvalue weighted by atomic mass is 9.74. The lowest BCUT2D eigenvalue weighted by Gasteiger charge is -2.47. The number of ether oxygens (including phenoxy) is 1. The highest BCUT2D eigenvalue weighted by molar-refractivity contribution is 4.94. The van der Waals surface area contributed by atoms with Gasteiger partial charge in [-0.3, -0.25) is 4.90 Å². The van der Waals surface area contributed by atoms with Crippen LogP contribution in [0.4, 0.5) is 0 Å². The van der Waals surface area contributed by atoms with Crippen molar-refractivity contribution in [2.45, 2.75) is 58.1 Å². The van der Waals surface area contributed by atoms with Crippen molar-refractivity contribution in [2.24, 2.45) is 11.8 Å². The minimum atomic E-state index is -0.205. The molecular weight excluding hydrogens is 226 g/mol. The minimum Gasteiger partial charge on any atom is -0.391 e. The lowest BCUT2D eigenvalue weighted by molar-refractivity contribution is -0.0864. The number of hydrogen-bond acceptors (Lipinski definition) is 3. The third-order valence-electron chi connectivity index (χ3n) is 5.06. The molecule has 0 amide bonds. The van der Waals surface area contributed by atoms with Crippen molar-refractivity contribution in [2.75, 3.05) is 26.3 Å². The van der Waals surface area contributed by atoms with E-state index in [-0.39, 0.29) is 11.6 Å². The molecular formula is C15H29NO2. The summed E-state index contributed by atoms with van der Waals surface area (Å²) in [6, 6.07) is 0. The number of nitrogens with zero attached hydrogens (tertiary/aromatic N) is 1. The molecule has 3 nitrogen and oxygen atoms in total. The van der Waals surface area contributed by atoms with Crippen molar-refractivity contribution in [1.82, 2.24) is 4.90 Å². The normalized spacial score (nSPS) is 33.3. The zero-order valence-electron chi connectivity index (χ0n) is 12.2. The number of aliphatic hydroxyl groups is 1. The molecule has 0 radical (unpaired) electrons. The van der Waals surface area contributed by atoms with Crippen LogP contribution >= 0.6 is 0 Å². The smallest absolute Gasteiger partial charge is 0.0746 e. The zero-order valence-corrected chi connectivity index (χ0v) is 12.2. The highest BCUT2D eigenvalue weighted by Gasteiger charge is 2.40. The third kappa shape index (κ3) is 3.06. The second-order valence-corrected chi connectivity index (χ2v) is 6.72. The Morgan fingerprint density at radius 1 is 1.11 bits per heavy atom. The van der Waals surface area contributed by atoms with Gasteiger partial charge in [0.15, 0.2) is 0 Å². The summed E-state index contributed by atoms with van der Waals surface area (Å²) in [7, 11) is 0. The molecule has 0 bridgehead atoms. The van der Waals surface area contributed by atoms with Gasteiger partial charge in [-0.15, -0.1) is 0 Å². The van der Waals surface area contributed by atoms with E-state index in [1.807, 2.05) is 0 Å². The van der Waals surface area contributed by atoms with E-state index in [2.05, 4.69) is 25.7 Å². The van der Waals surface area contributed by atoms with Gasteiger partial charge in [-0.05, 0) is 38.5 Å². The first-order chi connectivity index (χ1) is 8.51. The Kier molecular flexibility index (Phi) is 4.68. The maximum absolute atomic E-state index is 10.8. The standard InChI is InChI=1S/C15H29NO2/c1-12-4-6-13(7-5-12)14(17)15(2,3)16-8-10-18-11-9-16/h12-14,17H,4-11H2,1-3H3. The molecule has 18 heavy (non-hydrogen) atoms. The first-order valence-electron chi connectivity index (χ1n) is 7.52. The number of aliphatic hydroxyl groups excluding tert-OH is 1. The predicted molar refractivity (Wildman–Crippen MR) is 73.6 cm³/mol. The van der Waals surface area contributed by atoms with Crippen molar-refractivity contribution >= 4 is 0 Å². The van der Waals surface area contributed by atoms with Gasteiger partial charge in [-0.25, -0.2) is 0 Å². The van der Waals surface area contributed by atoms with E-state index >= 15 is 0 Å². The third-order valence-corrected chi connectivity index (χ3v) is 5.06. The fourth-order valence-electron chi connectivity index (χ4n) is 3.51. The van der Waals surface area contributed by atoms with Gasteiger partial charge in [0.2, 0.25) is 0 Å². The largest absolute Gasteiger partial charge is 0.391 e. The van der Waals surface area contributed by atoms with E-state index in [1.165, 1.54) is 25.7 Å². The molecule has 1 heterocycles. The molecule has 0 spiro atoms. The van der Waals surface area contributed by atoms with Crippen LogP contribution in [0.5, 0.6) is 0 Å². The molecule has 2 aliphatic rings. The summed E-state index contributed by atoms with van der Waals surface area (Å²) in [6.45, 7) is 10.2. The summed E-state index contributed by atoms with van der Waals surface area (Å²) in [5.41, 5.74) is -0.116. The van der Waals surface area contributed by atoms with Crippen LogP contribution in [0, 0.1) is 11.8 Å². The van der Waals surface area contributed by atoms with E-state index < -0.39 is 0 Å². The second-order valence-electron chi connectivity index (χ2n) is 6.72. The number of rotatable bonds is 3. The summed E-state index contributed by atoms with van der Waals surface area (Å²) in [4.78, 5) is 2.40. The summed E-state index contributed by atoms with van der Waals surface area (Å²) >= 11 is 0. The monoisotopic (exact) mass is 255 g/mol. The van der Waals surface area contributed by atoms with Crippen LogP contribution in [0.15, 0.2) is 0 Å². The SMILES string of the molecule is CC1CCC(C(O)C(C)(C)N2CCOCC2)CC1. The van der Waals surface area contributed by atoms with Crippen LogP contribution < -0.4 is 0 Å². The molecule has 1 unspecified atom stereocenters. The zero-order chi connectivity index (χ0) is 13.2. The summed E-state index contributed by atoms with van der Waals surface area (Å²) < 4.78 is 5.41. The van der Waals surface area contributed by atoms with E-state index in [4.69, 9.17) is 4.74 Å². The number of morpholine rings is 1. The average molecular weight is 255 g/mol. The molecule has 0 aromatic carbocycles. The van der Waals surface area contributed by atoms with E-state index in [9.17, 15) is 5.11 Å². The van der Waals surface area contributed by atoms with Crippen LogP contribution in [-0.4, -0.2) is 48.0 Å². The molecule has 2 fully saturated rings. The Labute approximate surface area is 112 Å². The topological polar surface area (TPSA) is 32.7 Å². The second kappa shape index (κ2) is 5.89. The molecule has 1 aliphatic carbocycles. The van der Waals surface area contributed by atoms with Crippen molar-refractivity contribution in [3.05, 3.63) is 0 Å². The predicted octanol–water partition coefficient (Wildman–Crippen LogP) is 2.28. The molecule has 3 heteroatoms.